The Hall–Kier alpha value is -1.36. The summed E-state index contributed by atoms with van der Waals surface area (Å²) in [6.45, 7) is 4.31. The van der Waals surface area contributed by atoms with Crippen LogP contribution >= 0.6 is 0 Å². The fourth-order valence-electron chi connectivity index (χ4n) is 1.40. The van der Waals surface area contributed by atoms with Crippen LogP contribution in [0, 0.1) is 12.8 Å². The van der Waals surface area contributed by atoms with E-state index in [4.69, 9.17) is 5.73 Å². The highest BCUT2D eigenvalue weighted by Crippen LogP contribution is 2.12. The van der Waals surface area contributed by atoms with Crippen LogP contribution in [0.25, 0.3) is 0 Å². The number of aryl methyl sites for hydroxylation is 1. The number of nitrogens with zero attached hydrogens (tertiary/aromatic N) is 1. The lowest BCUT2D eigenvalue weighted by atomic mass is 10.0. The van der Waals surface area contributed by atoms with Crippen molar-refractivity contribution in [1.29, 1.82) is 0 Å². The minimum Gasteiger partial charge on any atom is -0.330 e. The fourth-order valence-corrected chi connectivity index (χ4v) is 1.40. The van der Waals surface area contributed by atoms with Gasteiger partial charge in [-0.2, -0.15) is 5.10 Å². The average molecular weight is 210 g/mol. The predicted octanol–water partition coefficient (Wildman–Crippen LogP) is 1.03. The molecule has 1 aromatic heterocycles. The van der Waals surface area contributed by atoms with E-state index in [2.05, 4.69) is 15.5 Å². The number of carbonyl (C=O) groups is 1. The summed E-state index contributed by atoms with van der Waals surface area (Å²) in [6, 6.07) is 0. The van der Waals surface area contributed by atoms with E-state index in [0.717, 1.165) is 18.4 Å². The van der Waals surface area contributed by atoms with Gasteiger partial charge in [-0.1, -0.05) is 13.3 Å². The first-order valence-electron chi connectivity index (χ1n) is 5.20. The molecule has 0 aliphatic carbocycles. The van der Waals surface area contributed by atoms with Gasteiger partial charge in [-0.3, -0.25) is 9.89 Å². The number of rotatable bonds is 5. The van der Waals surface area contributed by atoms with Gasteiger partial charge in [0.1, 0.15) is 5.82 Å². The first-order valence-corrected chi connectivity index (χ1v) is 5.20. The molecule has 1 amide bonds. The van der Waals surface area contributed by atoms with Crippen molar-refractivity contribution in [3.63, 3.8) is 0 Å². The Labute approximate surface area is 89.4 Å². The zero-order valence-electron chi connectivity index (χ0n) is 9.21. The number of nitrogens with two attached hydrogens (primary N) is 1. The standard InChI is InChI=1S/C10H18N4O/c1-3-4-8(5-11)10(15)13-9-7(2)6-12-14-9/h6,8H,3-5,11H2,1-2H3,(H2,12,13,14,15). The van der Waals surface area contributed by atoms with E-state index >= 15 is 0 Å². The smallest absolute Gasteiger partial charge is 0.229 e. The van der Waals surface area contributed by atoms with E-state index in [1.807, 2.05) is 13.8 Å². The van der Waals surface area contributed by atoms with Gasteiger partial charge in [-0.15, -0.1) is 0 Å². The molecule has 84 valence electrons. The van der Waals surface area contributed by atoms with Gasteiger partial charge >= 0.3 is 0 Å². The quantitative estimate of drug-likeness (QED) is 0.678. The molecule has 5 nitrogen and oxygen atoms in total. The Morgan fingerprint density at radius 1 is 1.73 bits per heavy atom. The van der Waals surface area contributed by atoms with Gasteiger partial charge in [0, 0.05) is 12.1 Å². The zero-order valence-corrected chi connectivity index (χ0v) is 9.21. The van der Waals surface area contributed by atoms with Crippen LogP contribution in [0.5, 0.6) is 0 Å². The van der Waals surface area contributed by atoms with Crippen LogP contribution in [0.4, 0.5) is 5.82 Å². The summed E-state index contributed by atoms with van der Waals surface area (Å²) in [5.74, 6) is 0.513. The van der Waals surface area contributed by atoms with Crippen LogP contribution in [-0.2, 0) is 4.79 Å². The lowest BCUT2D eigenvalue weighted by molar-refractivity contribution is -0.119. The lowest BCUT2D eigenvalue weighted by Crippen LogP contribution is -2.29. The van der Waals surface area contributed by atoms with Crippen LogP contribution in [0.15, 0.2) is 6.20 Å². The molecule has 1 atom stereocenters. The van der Waals surface area contributed by atoms with Crippen molar-refractivity contribution in [2.24, 2.45) is 11.7 Å². The number of amides is 1. The molecular weight excluding hydrogens is 192 g/mol. The van der Waals surface area contributed by atoms with Gasteiger partial charge in [0.05, 0.1) is 12.1 Å². The molecule has 15 heavy (non-hydrogen) atoms. The summed E-state index contributed by atoms with van der Waals surface area (Å²) in [4.78, 5) is 11.7. The van der Waals surface area contributed by atoms with Gasteiger partial charge in [0.25, 0.3) is 0 Å². The first-order chi connectivity index (χ1) is 7.19. The van der Waals surface area contributed by atoms with Crippen LogP contribution < -0.4 is 11.1 Å². The molecule has 0 spiro atoms. The van der Waals surface area contributed by atoms with Gasteiger partial charge in [-0.05, 0) is 13.3 Å². The van der Waals surface area contributed by atoms with Crippen molar-refractivity contribution >= 4 is 11.7 Å². The van der Waals surface area contributed by atoms with E-state index in [1.54, 1.807) is 6.20 Å². The molecule has 5 heteroatoms. The number of aromatic amines is 1. The SMILES string of the molecule is CCCC(CN)C(=O)Nc1[nH]ncc1C. The Balaban J connectivity index is 2.58. The van der Waals surface area contributed by atoms with E-state index < -0.39 is 0 Å². The van der Waals surface area contributed by atoms with Crippen LogP contribution in [0.3, 0.4) is 0 Å². The molecule has 0 aromatic carbocycles. The van der Waals surface area contributed by atoms with Crippen molar-refractivity contribution in [1.82, 2.24) is 10.2 Å². The molecule has 1 unspecified atom stereocenters. The van der Waals surface area contributed by atoms with Crippen molar-refractivity contribution in [2.75, 3.05) is 11.9 Å². The largest absolute Gasteiger partial charge is 0.330 e. The Morgan fingerprint density at radius 3 is 2.93 bits per heavy atom. The van der Waals surface area contributed by atoms with Crippen LogP contribution in [0.2, 0.25) is 0 Å². The molecule has 1 heterocycles. The molecule has 1 aromatic rings. The van der Waals surface area contributed by atoms with Crippen molar-refractivity contribution in [2.45, 2.75) is 26.7 Å². The highest BCUT2D eigenvalue weighted by atomic mass is 16.2. The molecule has 0 radical (unpaired) electrons. The summed E-state index contributed by atoms with van der Waals surface area (Å²) in [5, 5.41) is 9.36. The summed E-state index contributed by atoms with van der Waals surface area (Å²) in [6.07, 6.45) is 3.44. The van der Waals surface area contributed by atoms with E-state index in [-0.39, 0.29) is 11.8 Å². The third-order valence-corrected chi connectivity index (χ3v) is 2.37. The van der Waals surface area contributed by atoms with Crippen LogP contribution in [0.1, 0.15) is 25.3 Å². The predicted molar refractivity (Wildman–Crippen MR) is 59.4 cm³/mol. The molecule has 0 aliphatic heterocycles. The van der Waals surface area contributed by atoms with Crippen molar-refractivity contribution in [3.8, 4) is 0 Å². The van der Waals surface area contributed by atoms with Crippen LogP contribution in [-0.4, -0.2) is 22.6 Å². The number of H-pyrrole nitrogens is 1. The summed E-state index contributed by atoms with van der Waals surface area (Å²) < 4.78 is 0. The van der Waals surface area contributed by atoms with E-state index in [9.17, 15) is 4.79 Å². The molecule has 0 fully saturated rings. The second-order valence-electron chi connectivity index (χ2n) is 3.64. The molecular formula is C10H18N4O. The normalized spacial score (nSPS) is 12.5. The maximum atomic E-state index is 11.7. The zero-order chi connectivity index (χ0) is 11.3. The molecule has 4 N–H and O–H groups in total. The third-order valence-electron chi connectivity index (χ3n) is 2.37. The van der Waals surface area contributed by atoms with Crippen molar-refractivity contribution in [3.05, 3.63) is 11.8 Å². The summed E-state index contributed by atoms with van der Waals surface area (Å²) in [5.41, 5.74) is 6.47. The second-order valence-corrected chi connectivity index (χ2v) is 3.64. The molecule has 0 bridgehead atoms. The molecule has 0 saturated heterocycles. The Bertz CT molecular complexity index is 321. The second kappa shape index (κ2) is 5.50. The number of nitrogens with one attached hydrogen (secondary N) is 2. The number of anilines is 1. The van der Waals surface area contributed by atoms with Gasteiger partial charge in [0.15, 0.2) is 0 Å². The number of hydrogen-bond donors (Lipinski definition) is 3. The molecule has 0 saturated carbocycles. The maximum absolute atomic E-state index is 11.7. The Kier molecular flexibility index (Phi) is 4.30. The number of hydrogen-bond acceptors (Lipinski definition) is 3. The average Bonchev–Trinajstić information content (AvgIpc) is 2.60. The number of carbonyl (C=O) groups excluding carboxylic acids is 1. The van der Waals surface area contributed by atoms with Gasteiger partial charge in [0.2, 0.25) is 5.91 Å². The van der Waals surface area contributed by atoms with Gasteiger partial charge in [-0.25, -0.2) is 0 Å². The highest BCUT2D eigenvalue weighted by Gasteiger charge is 2.16. The fraction of sp³-hybridized carbons (Fsp3) is 0.600. The Morgan fingerprint density at radius 2 is 2.47 bits per heavy atom. The first kappa shape index (κ1) is 11.7. The highest BCUT2D eigenvalue weighted by molar-refractivity contribution is 5.92. The van der Waals surface area contributed by atoms with E-state index in [0.29, 0.717) is 12.4 Å². The monoisotopic (exact) mass is 210 g/mol. The maximum Gasteiger partial charge on any atom is 0.229 e. The molecule has 0 aliphatic rings. The minimum atomic E-state index is -0.113. The third kappa shape index (κ3) is 3.06. The van der Waals surface area contributed by atoms with E-state index in [1.165, 1.54) is 0 Å². The topological polar surface area (TPSA) is 83.8 Å². The number of aromatic nitrogens is 2. The molecule has 1 rings (SSSR count). The van der Waals surface area contributed by atoms with Gasteiger partial charge < -0.3 is 11.1 Å². The lowest BCUT2D eigenvalue weighted by Gasteiger charge is -2.13. The van der Waals surface area contributed by atoms with Crippen molar-refractivity contribution < 1.29 is 4.79 Å². The summed E-state index contributed by atoms with van der Waals surface area (Å²) >= 11 is 0. The summed E-state index contributed by atoms with van der Waals surface area (Å²) in [7, 11) is 0. The minimum absolute atomic E-state index is 0.0355.